The Balaban J connectivity index is 1.23. The second kappa shape index (κ2) is 10.0. The van der Waals surface area contributed by atoms with E-state index in [9.17, 15) is 14.0 Å². The number of thioether (sulfide) groups is 1. The van der Waals surface area contributed by atoms with Crippen LogP contribution < -0.4 is 16.0 Å². The Morgan fingerprint density at radius 1 is 1.10 bits per heavy atom. The SMILES string of the molecule is O=C1NC(=O)C(=Cc2ccnc(N[C@H]3CC[C@H](NCCc4ccc(F)cc4)CC3)n2)S1. The first-order valence-corrected chi connectivity index (χ1v) is 11.2. The first-order chi connectivity index (χ1) is 15.0. The molecule has 2 aromatic rings. The third-order valence-electron chi connectivity index (χ3n) is 5.42. The number of amides is 2. The van der Waals surface area contributed by atoms with Crippen LogP contribution in [0.15, 0.2) is 41.4 Å². The molecule has 2 aliphatic rings. The summed E-state index contributed by atoms with van der Waals surface area (Å²) in [6.45, 7) is 0.877. The number of carbonyl (C=O) groups excluding carboxylic acids is 2. The van der Waals surface area contributed by atoms with Gasteiger partial charge < -0.3 is 10.6 Å². The highest BCUT2D eigenvalue weighted by Gasteiger charge is 2.25. The summed E-state index contributed by atoms with van der Waals surface area (Å²) in [7, 11) is 0. The molecule has 9 heteroatoms. The van der Waals surface area contributed by atoms with Crippen LogP contribution in [0.3, 0.4) is 0 Å². The van der Waals surface area contributed by atoms with Crippen molar-refractivity contribution >= 4 is 34.9 Å². The van der Waals surface area contributed by atoms with Crippen LogP contribution in [0.25, 0.3) is 6.08 Å². The molecule has 4 rings (SSSR count). The number of anilines is 1. The molecule has 0 radical (unpaired) electrons. The van der Waals surface area contributed by atoms with Crippen LogP contribution in [0, 0.1) is 5.82 Å². The van der Waals surface area contributed by atoms with Crippen molar-refractivity contribution in [3.63, 3.8) is 0 Å². The van der Waals surface area contributed by atoms with Crippen LogP contribution >= 0.6 is 11.8 Å². The van der Waals surface area contributed by atoms with Crippen LogP contribution in [-0.4, -0.2) is 39.7 Å². The Kier molecular flexibility index (Phi) is 6.93. The predicted octanol–water partition coefficient (Wildman–Crippen LogP) is 3.50. The van der Waals surface area contributed by atoms with Crippen molar-refractivity contribution in [1.29, 1.82) is 0 Å². The largest absolute Gasteiger partial charge is 0.351 e. The van der Waals surface area contributed by atoms with Gasteiger partial charge in [0.2, 0.25) is 5.95 Å². The van der Waals surface area contributed by atoms with Crippen LogP contribution in [0.4, 0.5) is 15.1 Å². The third kappa shape index (κ3) is 6.11. The van der Waals surface area contributed by atoms with Gasteiger partial charge in [-0.2, -0.15) is 0 Å². The Morgan fingerprint density at radius 2 is 1.84 bits per heavy atom. The summed E-state index contributed by atoms with van der Waals surface area (Å²) >= 11 is 0.873. The summed E-state index contributed by atoms with van der Waals surface area (Å²) in [6.07, 6.45) is 8.26. The monoisotopic (exact) mass is 441 g/mol. The second-order valence-electron chi connectivity index (χ2n) is 7.68. The van der Waals surface area contributed by atoms with Crippen molar-refractivity contribution in [3.05, 3.63) is 58.5 Å². The van der Waals surface area contributed by atoms with Gasteiger partial charge in [-0.15, -0.1) is 0 Å². The van der Waals surface area contributed by atoms with E-state index in [2.05, 4.69) is 25.9 Å². The van der Waals surface area contributed by atoms with E-state index < -0.39 is 5.91 Å². The number of aromatic nitrogens is 2. The summed E-state index contributed by atoms with van der Waals surface area (Å²) in [6, 6.07) is 9.14. The summed E-state index contributed by atoms with van der Waals surface area (Å²) < 4.78 is 13.0. The lowest BCUT2D eigenvalue weighted by Gasteiger charge is -2.29. The molecular formula is C22H24FN5O2S. The number of nitrogens with one attached hydrogen (secondary N) is 3. The molecule has 2 amide bonds. The van der Waals surface area contributed by atoms with E-state index in [1.54, 1.807) is 18.3 Å². The van der Waals surface area contributed by atoms with Gasteiger partial charge in [-0.3, -0.25) is 14.9 Å². The zero-order valence-corrected chi connectivity index (χ0v) is 17.8. The average Bonchev–Trinajstić information content (AvgIpc) is 3.07. The van der Waals surface area contributed by atoms with E-state index in [1.165, 1.54) is 12.1 Å². The van der Waals surface area contributed by atoms with Gasteiger partial charge in [0.25, 0.3) is 11.1 Å². The van der Waals surface area contributed by atoms with Crippen LogP contribution in [0.5, 0.6) is 0 Å². The maximum Gasteiger partial charge on any atom is 0.290 e. The van der Waals surface area contributed by atoms with E-state index in [1.807, 2.05) is 12.1 Å². The van der Waals surface area contributed by atoms with Crippen LogP contribution in [0.2, 0.25) is 0 Å². The number of benzene rings is 1. The second-order valence-corrected chi connectivity index (χ2v) is 8.70. The van der Waals surface area contributed by atoms with E-state index in [-0.39, 0.29) is 11.1 Å². The molecule has 1 aromatic carbocycles. The van der Waals surface area contributed by atoms with Crippen molar-refractivity contribution in [2.75, 3.05) is 11.9 Å². The lowest BCUT2D eigenvalue weighted by atomic mass is 9.91. The highest BCUT2D eigenvalue weighted by Crippen LogP contribution is 2.25. The van der Waals surface area contributed by atoms with Crippen LogP contribution in [0.1, 0.15) is 36.9 Å². The number of imide groups is 1. The minimum Gasteiger partial charge on any atom is -0.351 e. The van der Waals surface area contributed by atoms with Gasteiger partial charge in [0.05, 0.1) is 10.6 Å². The molecule has 162 valence electrons. The fourth-order valence-electron chi connectivity index (χ4n) is 3.77. The fourth-order valence-corrected chi connectivity index (χ4v) is 4.44. The van der Waals surface area contributed by atoms with E-state index in [0.717, 1.165) is 56.0 Å². The van der Waals surface area contributed by atoms with Gasteiger partial charge >= 0.3 is 0 Å². The van der Waals surface area contributed by atoms with E-state index >= 15 is 0 Å². The lowest BCUT2D eigenvalue weighted by molar-refractivity contribution is -0.115. The normalized spacial score (nSPS) is 22.5. The molecule has 2 heterocycles. The summed E-state index contributed by atoms with van der Waals surface area (Å²) in [5.41, 5.74) is 1.72. The van der Waals surface area contributed by atoms with Gasteiger partial charge in [0.1, 0.15) is 5.82 Å². The molecule has 2 fully saturated rings. The van der Waals surface area contributed by atoms with E-state index in [4.69, 9.17) is 0 Å². The first-order valence-electron chi connectivity index (χ1n) is 10.4. The molecule has 0 spiro atoms. The summed E-state index contributed by atoms with van der Waals surface area (Å²) in [5, 5.41) is 8.85. The highest BCUT2D eigenvalue weighted by atomic mass is 32.2. The lowest BCUT2D eigenvalue weighted by Crippen LogP contribution is -2.38. The van der Waals surface area contributed by atoms with Gasteiger partial charge in [-0.25, -0.2) is 14.4 Å². The Hall–Kier alpha value is -2.78. The molecule has 3 N–H and O–H groups in total. The molecule has 0 bridgehead atoms. The molecular weight excluding hydrogens is 417 g/mol. The maximum atomic E-state index is 13.0. The smallest absolute Gasteiger partial charge is 0.290 e. The maximum absolute atomic E-state index is 13.0. The summed E-state index contributed by atoms with van der Waals surface area (Å²) in [4.78, 5) is 32.0. The van der Waals surface area contributed by atoms with Gasteiger partial charge in [-0.1, -0.05) is 12.1 Å². The molecule has 7 nitrogen and oxygen atoms in total. The van der Waals surface area contributed by atoms with E-state index in [0.29, 0.717) is 28.6 Å². The first kappa shape index (κ1) is 21.5. The zero-order chi connectivity index (χ0) is 21.6. The molecule has 1 aliphatic carbocycles. The Bertz CT molecular complexity index is 974. The number of nitrogens with zero attached hydrogens (tertiary/aromatic N) is 2. The highest BCUT2D eigenvalue weighted by molar-refractivity contribution is 8.18. The number of rotatable bonds is 7. The standard InChI is InChI=1S/C22H24FN5O2S/c23-15-3-1-14(2-4-15)9-11-24-16-5-7-17(8-6-16)26-21-25-12-10-18(27-21)13-19-20(29)28-22(30)31-19/h1-4,10,12-13,16-17,24H,5-9,11H2,(H,25,26,27)(H,28,29,30)/t16-,17-. The molecule has 1 saturated carbocycles. The molecule has 0 atom stereocenters. The Labute approximate surface area is 184 Å². The van der Waals surface area contributed by atoms with Gasteiger partial charge in [-0.05, 0) is 80.2 Å². The van der Waals surface area contributed by atoms with Crippen molar-refractivity contribution in [2.45, 2.75) is 44.2 Å². The van der Waals surface area contributed by atoms with Crippen molar-refractivity contribution < 1.29 is 14.0 Å². The molecule has 0 unspecified atom stereocenters. The zero-order valence-electron chi connectivity index (χ0n) is 16.9. The van der Waals surface area contributed by atoms with Crippen LogP contribution in [-0.2, 0) is 11.2 Å². The fraction of sp³-hybridized carbons (Fsp3) is 0.364. The summed E-state index contributed by atoms with van der Waals surface area (Å²) in [5.74, 6) is -0.0723. The minimum absolute atomic E-state index is 0.202. The van der Waals surface area contributed by atoms with Crippen molar-refractivity contribution in [2.24, 2.45) is 0 Å². The third-order valence-corrected chi connectivity index (χ3v) is 6.23. The average molecular weight is 442 g/mol. The number of hydrogen-bond donors (Lipinski definition) is 3. The number of hydrogen-bond acceptors (Lipinski definition) is 7. The van der Waals surface area contributed by atoms with Gasteiger partial charge in [0, 0.05) is 18.3 Å². The quantitative estimate of drug-likeness (QED) is 0.566. The molecule has 1 aliphatic heterocycles. The molecule has 31 heavy (non-hydrogen) atoms. The van der Waals surface area contributed by atoms with Gasteiger partial charge in [0.15, 0.2) is 0 Å². The minimum atomic E-state index is -0.395. The van der Waals surface area contributed by atoms with Crippen molar-refractivity contribution in [1.82, 2.24) is 20.6 Å². The molecule has 1 aromatic heterocycles. The molecule has 1 saturated heterocycles. The predicted molar refractivity (Wildman–Crippen MR) is 119 cm³/mol. The number of carbonyl (C=O) groups is 2. The van der Waals surface area contributed by atoms with Crippen molar-refractivity contribution in [3.8, 4) is 0 Å². The number of halogens is 1. The Morgan fingerprint density at radius 3 is 2.55 bits per heavy atom. The topological polar surface area (TPSA) is 96.0 Å².